The molecular formula is C25H23ClFN3O. The molecule has 0 aliphatic heterocycles. The maximum Gasteiger partial charge on any atom is 0.224 e. The fraction of sp³-hybridized carbons (Fsp3) is 0.200. The van der Waals surface area contributed by atoms with E-state index in [1.54, 1.807) is 12.1 Å². The summed E-state index contributed by atoms with van der Waals surface area (Å²) in [7, 11) is 0. The van der Waals surface area contributed by atoms with Crippen molar-refractivity contribution in [3.05, 3.63) is 100 Å². The molecule has 4 nitrogen and oxygen atoms in total. The molecule has 0 aliphatic carbocycles. The van der Waals surface area contributed by atoms with E-state index < -0.39 is 0 Å². The van der Waals surface area contributed by atoms with Crippen molar-refractivity contribution >= 4 is 28.5 Å². The van der Waals surface area contributed by atoms with Crippen LogP contribution in [0.2, 0.25) is 5.02 Å². The lowest BCUT2D eigenvalue weighted by Gasteiger charge is -2.12. The molecule has 6 heteroatoms. The predicted octanol–water partition coefficient (Wildman–Crippen LogP) is 5.09. The maximum absolute atomic E-state index is 14.4. The topological polar surface area (TPSA) is 46.9 Å². The molecular weight excluding hydrogens is 413 g/mol. The molecule has 0 bridgehead atoms. The number of carbonyl (C=O) groups excluding carboxylic acids is 1. The van der Waals surface area contributed by atoms with Crippen molar-refractivity contribution in [2.45, 2.75) is 26.3 Å². The normalized spacial score (nSPS) is 11.1. The first-order valence-corrected chi connectivity index (χ1v) is 10.6. The summed E-state index contributed by atoms with van der Waals surface area (Å²) in [5, 5.41) is 3.36. The molecule has 1 amide bonds. The number of hydrogen-bond acceptors (Lipinski definition) is 2. The molecule has 0 unspecified atom stereocenters. The number of aromatic nitrogens is 2. The molecule has 0 atom stereocenters. The highest BCUT2D eigenvalue weighted by Gasteiger charge is 2.15. The first-order valence-electron chi connectivity index (χ1n) is 10.2. The quantitative estimate of drug-likeness (QED) is 0.439. The summed E-state index contributed by atoms with van der Waals surface area (Å²) in [6.07, 6.45) is 0.869. The number of para-hydroxylation sites is 2. The van der Waals surface area contributed by atoms with Gasteiger partial charge in [-0.15, -0.1) is 0 Å². The maximum atomic E-state index is 14.4. The van der Waals surface area contributed by atoms with Gasteiger partial charge in [-0.25, -0.2) is 9.37 Å². The average molecular weight is 436 g/mol. The van der Waals surface area contributed by atoms with Crippen LogP contribution in [-0.4, -0.2) is 22.0 Å². The Hall–Kier alpha value is -3.18. The van der Waals surface area contributed by atoms with Crippen LogP contribution in [0.1, 0.15) is 22.5 Å². The van der Waals surface area contributed by atoms with Crippen molar-refractivity contribution in [1.82, 2.24) is 14.9 Å². The van der Waals surface area contributed by atoms with Crippen LogP contribution in [0.5, 0.6) is 0 Å². The molecule has 4 rings (SSSR count). The molecule has 0 spiro atoms. The molecule has 0 saturated heterocycles. The lowest BCUT2D eigenvalue weighted by molar-refractivity contribution is -0.120. The van der Waals surface area contributed by atoms with E-state index in [1.165, 1.54) is 6.07 Å². The standard InChI is InChI=1S/C25H23ClFN3O/c1-17-7-2-3-8-18(17)15-25(31)28-14-13-24-29-22-11-4-5-12-23(22)30(24)16-19-20(26)9-6-10-21(19)27/h2-12H,13-16H2,1H3,(H,28,31). The van der Waals surface area contributed by atoms with E-state index >= 15 is 0 Å². The second-order valence-corrected chi connectivity index (χ2v) is 7.91. The summed E-state index contributed by atoms with van der Waals surface area (Å²) in [5.41, 5.74) is 4.28. The van der Waals surface area contributed by atoms with Gasteiger partial charge >= 0.3 is 0 Å². The van der Waals surface area contributed by atoms with Crippen LogP contribution in [0.25, 0.3) is 11.0 Å². The monoisotopic (exact) mass is 435 g/mol. The highest BCUT2D eigenvalue weighted by molar-refractivity contribution is 6.31. The smallest absolute Gasteiger partial charge is 0.224 e. The van der Waals surface area contributed by atoms with Gasteiger partial charge in [0.2, 0.25) is 5.91 Å². The van der Waals surface area contributed by atoms with Gasteiger partial charge in [-0.05, 0) is 42.3 Å². The third kappa shape index (κ3) is 4.78. The number of amides is 1. The Labute approximate surface area is 185 Å². The number of rotatable bonds is 7. The predicted molar refractivity (Wildman–Crippen MR) is 122 cm³/mol. The number of benzene rings is 3. The van der Waals surface area contributed by atoms with E-state index in [2.05, 4.69) is 5.32 Å². The first kappa shape index (κ1) is 21.1. The number of hydrogen-bond donors (Lipinski definition) is 1. The molecule has 31 heavy (non-hydrogen) atoms. The summed E-state index contributed by atoms with van der Waals surface area (Å²) < 4.78 is 16.4. The summed E-state index contributed by atoms with van der Waals surface area (Å²) in [4.78, 5) is 17.1. The lowest BCUT2D eigenvalue weighted by atomic mass is 10.1. The summed E-state index contributed by atoms with van der Waals surface area (Å²) in [6, 6.07) is 20.3. The highest BCUT2D eigenvalue weighted by Crippen LogP contribution is 2.24. The van der Waals surface area contributed by atoms with Gasteiger partial charge in [0.15, 0.2) is 0 Å². The number of aryl methyl sites for hydroxylation is 1. The number of nitrogens with one attached hydrogen (secondary N) is 1. The molecule has 0 fully saturated rings. The van der Waals surface area contributed by atoms with Crippen LogP contribution < -0.4 is 5.32 Å². The van der Waals surface area contributed by atoms with Gasteiger partial charge in [0.05, 0.1) is 24.0 Å². The molecule has 158 valence electrons. The Bertz CT molecular complexity index is 1210. The molecule has 3 aromatic carbocycles. The minimum Gasteiger partial charge on any atom is -0.355 e. The second kappa shape index (κ2) is 9.31. The van der Waals surface area contributed by atoms with Crippen molar-refractivity contribution in [2.75, 3.05) is 6.54 Å². The van der Waals surface area contributed by atoms with Gasteiger partial charge in [0.1, 0.15) is 11.6 Å². The minimum absolute atomic E-state index is 0.0332. The number of imidazole rings is 1. The molecule has 1 aromatic heterocycles. The van der Waals surface area contributed by atoms with Crippen LogP contribution in [-0.2, 0) is 24.2 Å². The highest BCUT2D eigenvalue weighted by atomic mass is 35.5. The summed E-state index contributed by atoms with van der Waals surface area (Å²) in [5.74, 6) is 0.397. The Morgan fingerprint density at radius 1 is 1.06 bits per heavy atom. The zero-order chi connectivity index (χ0) is 21.8. The van der Waals surface area contributed by atoms with Gasteiger partial charge in [0.25, 0.3) is 0 Å². The van der Waals surface area contributed by atoms with Crippen molar-refractivity contribution in [3.63, 3.8) is 0 Å². The lowest BCUT2D eigenvalue weighted by Crippen LogP contribution is -2.28. The number of halogens is 2. The van der Waals surface area contributed by atoms with Crippen molar-refractivity contribution in [1.29, 1.82) is 0 Å². The van der Waals surface area contributed by atoms with E-state index in [4.69, 9.17) is 16.6 Å². The Morgan fingerprint density at radius 3 is 2.65 bits per heavy atom. The third-order valence-corrected chi connectivity index (χ3v) is 5.75. The van der Waals surface area contributed by atoms with Crippen molar-refractivity contribution in [3.8, 4) is 0 Å². The Kier molecular flexibility index (Phi) is 6.33. The van der Waals surface area contributed by atoms with Gasteiger partial charge in [0, 0.05) is 23.6 Å². The van der Waals surface area contributed by atoms with Gasteiger partial charge in [-0.2, -0.15) is 0 Å². The van der Waals surface area contributed by atoms with E-state index in [0.29, 0.717) is 30.0 Å². The van der Waals surface area contributed by atoms with Crippen molar-refractivity contribution < 1.29 is 9.18 Å². The third-order valence-electron chi connectivity index (χ3n) is 5.39. The number of nitrogens with zero attached hydrogens (tertiary/aromatic N) is 2. The zero-order valence-corrected chi connectivity index (χ0v) is 18.0. The van der Waals surface area contributed by atoms with Crippen LogP contribution in [0.4, 0.5) is 4.39 Å². The fourth-order valence-corrected chi connectivity index (χ4v) is 3.91. The first-order chi connectivity index (χ1) is 15.0. The molecule has 4 aromatic rings. The number of carbonyl (C=O) groups is 1. The van der Waals surface area contributed by atoms with Crippen LogP contribution >= 0.6 is 11.6 Å². The zero-order valence-electron chi connectivity index (χ0n) is 17.2. The van der Waals surface area contributed by atoms with Gasteiger partial charge in [-0.3, -0.25) is 4.79 Å². The number of fused-ring (bicyclic) bond motifs is 1. The van der Waals surface area contributed by atoms with E-state index in [0.717, 1.165) is 28.0 Å². The summed E-state index contributed by atoms with van der Waals surface area (Å²) >= 11 is 6.25. The molecule has 1 N–H and O–H groups in total. The summed E-state index contributed by atoms with van der Waals surface area (Å²) in [6.45, 7) is 2.72. The van der Waals surface area contributed by atoms with Gasteiger partial charge < -0.3 is 9.88 Å². The van der Waals surface area contributed by atoms with Crippen LogP contribution in [0.15, 0.2) is 66.7 Å². The van der Waals surface area contributed by atoms with Crippen LogP contribution in [0, 0.1) is 12.7 Å². The van der Waals surface area contributed by atoms with E-state index in [-0.39, 0.29) is 18.3 Å². The largest absolute Gasteiger partial charge is 0.355 e. The van der Waals surface area contributed by atoms with Gasteiger partial charge in [-0.1, -0.05) is 54.1 Å². The van der Waals surface area contributed by atoms with E-state index in [9.17, 15) is 9.18 Å². The molecule has 0 aliphatic rings. The average Bonchev–Trinajstić information content (AvgIpc) is 3.10. The minimum atomic E-state index is -0.345. The Balaban J connectivity index is 1.51. The van der Waals surface area contributed by atoms with Crippen LogP contribution in [0.3, 0.4) is 0 Å². The molecule has 0 radical (unpaired) electrons. The van der Waals surface area contributed by atoms with Crippen molar-refractivity contribution in [2.24, 2.45) is 0 Å². The second-order valence-electron chi connectivity index (χ2n) is 7.51. The molecule has 0 saturated carbocycles. The SMILES string of the molecule is Cc1ccccc1CC(=O)NCCc1nc2ccccc2n1Cc1c(F)cccc1Cl. The fourth-order valence-electron chi connectivity index (χ4n) is 3.69. The Morgan fingerprint density at radius 2 is 1.84 bits per heavy atom. The van der Waals surface area contributed by atoms with E-state index in [1.807, 2.05) is 60.0 Å². The molecule has 1 heterocycles.